The van der Waals surface area contributed by atoms with Gasteiger partial charge >= 0.3 is 0 Å². The van der Waals surface area contributed by atoms with Crippen molar-refractivity contribution in [2.45, 2.75) is 65.0 Å². The van der Waals surface area contributed by atoms with E-state index in [1.165, 1.54) is 36.8 Å². The molecule has 1 fully saturated rings. The minimum atomic E-state index is 0.450. The maximum atomic E-state index is 6.13. The molecule has 2 aromatic rings. The van der Waals surface area contributed by atoms with Crippen molar-refractivity contribution in [3.63, 3.8) is 0 Å². The molecule has 0 saturated heterocycles. The number of anilines is 1. The second-order valence-corrected chi connectivity index (χ2v) is 6.71. The summed E-state index contributed by atoms with van der Waals surface area (Å²) < 4.78 is 2.10. The second kappa shape index (κ2) is 8.19. The Kier molecular flexibility index (Phi) is 5.74. The van der Waals surface area contributed by atoms with Gasteiger partial charge in [0.05, 0.1) is 18.3 Å². The summed E-state index contributed by atoms with van der Waals surface area (Å²) >= 11 is 0. The summed E-state index contributed by atoms with van der Waals surface area (Å²) in [6.07, 6.45) is 9.11. The van der Waals surface area contributed by atoms with E-state index >= 15 is 0 Å². The molecule has 5 heteroatoms. The van der Waals surface area contributed by atoms with Gasteiger partial charge in [-0.2, -0.15) is 5.10 Å². The second-order valence-electron chi connectivity index (χ2n) is 6.71. The van der Waals surface area contributed by atoms with Crippen LogP contribution in [-0.2, 0) is 19.4 Å². The minimum Gasteiger partial charge on any atom is -0.370 e. The highest BCUT2D eigenvalue weighted by Gasteiger charge is 2.17. The van der Waals surface area contributed by atoms with Crippen LogP contribution in [0.25, 0.3) is 0 Å². The molecule has 1 aromatic heterocycles. The number of nitrogens with one attached hydrogen (secondary N) is 1. The molecule has 1 saturated carbocycles. The third kappa shape index (κ3) is 4.21. The number of hydrogen-bond donors (Lipinski definition) is 2. The van der Waals surface area contributed by atoms with Gasteiger partial charge in [0, 0.05) is 11.9 Å². The summed E-state index contributed by atoms with van der Waals surface area (Å²) in [6, 6.07) is 8.99. The highest BCUT2D eigenvalue weighted by molar-refractivity contribution is 5.93. The first-order valence-electron chi connectivity index (χ1n) is 9.43. The predicted octanol–water partition coefficient (Wildman–Crippen LogP) is 4.05. The van der Waals surface area contributed by atoms with Crippen molar-refractivity contribution in [2.75, 3.05) is 5.32 Å². The molecule has 3 N–H and O–H groups in total. The molecule has 1 aliphatic carbocycles. The molecule has 5 nitrogen and oxygen atoms in total. The largest absolute Gasteiger partial charge is 0.370 e. The van der Waals surface area contributed by atoms with Crippen molar-refractivity contribution in [1.82, 2.24) is 9.78 Å². The van der Waals surface area contributed by atoms with Crippen LogP contribution in [0.4, 0.5) is 5.69 Å². The SMILES string of the molecule is CCc1cccc(CC)c1NC(N)=NCc1ccn(C2CCCC2)n1. The average Bonchev–Trinajstić information content (AvgIpc) is 3.31. The zero-order chi connectivity index (χ0) is 17.6. The van der Waals surface area contributed by atoms with Crippen LogP contribution >= 0.6 is 0 Å². The Morgan fingerprint density at radius 1 is 1.20 bits per heavy atom. The summed E-state index contributed by atoms with van der Waals surface area (Å²) in [7, 11) is 0. The smallest absolute Gasteiger partial charge is 0.193 e. The van der Waals surface area contributed by atoms with Gasteiger partial charge in [0.2, 0.25) is 0 Å². The van der Waals surface area contributed by atoms with E-state index in [9.17, 15) is 0 Å². The van der Waals surface area contributed by atoms with Crippen molar-refractivity contribution in [3.8, 4) is 0 Å². The molecular weight excluding hydrogens is 310 g/mol. The maximum absolute atomic E-state index is 6.13. The number of para-hydroxylation sites is 1. The fraction of sp³-hybridized carbons (Fsp3) is 0.500. The molecule has 0 atom stereocenters. The van der Waals surface area contributed by atoms with Crippen molar-refractivity contribution < 1.29 is 0 Å². The standard InChI is InChI=1S/C20H29N5/c1-3-15-8-7-9-16(4-2)19(15)23-20(21)22-14-17-12-13-25(24-17)18-10-5-6-11-18/h7-9,12-13,18H,3-6,10-11,14H2,1-2H3,(H3,21,22,23). The normalized spacial score (nSPS) is 15.7. The van der Waals surface area contributed by atoms with Gasteiger partial charge in [0.15, 0.2) is 5.96 Å². The fourth-order valence-electron chi connectivity index (χ4n) is 3.57. The average molecular weight is 339 g/mol. The first-order valence-corrected chi connectivity index (χ1v) is 9.43. The molecule has 0 spiro atoms. The van der Waals surface area contributed by atoms with Gasteiger partial charge in [-0.25, -0.2) is 4.99 Å². The Morgan fingerprint density at radius 2 is 1.88 bits per heavy atom. The summed E-state index contributed by atoms with van der Waals surface area (Å²) in [4.78, 5) is 4.49. The molecule has 1 aromatic carbocycles. The quantitative estimate of drug-likeness (QED) is 0.616. The number of nitrogens with zero attached hydrogens (tertiary/aromatic N) is 3. The number of aliphatic imine (C=N–C) groups is 1. The zero-order valence-corrected chi connectivity index (χ0v) is 15.3. The lowest BCUT2D eigenvalue weighted by Gasteiger charge is -2.14. The van der Waals surface area contributed by atoms with Crippen molar-refractivity contribution >= 4 is 11.6 Å². The van der Waals surface area contributed by atoms with E-state index in [0.717, 1.165) is 24.2 Å². The predicted molar refractivity (Wildman–Crippen MR) is 104 cm³/mol. The molecule has 134 valence electrons. The lowest BCUT2D eigenvalue weighted by atomic mass is 10.0. The van der Waals surface area contributed by atoms with Gasteiger partial charge in [-0.05, 0) is 42.9 Å². The van der Waals surface area contributed by atoms with Crippen molar-refractivity contribution in [2.24, 2.45) is 10.7 Å². The number of aryl methyl sites for hydroxylation is 2. The van der Waals surface area contributed by atoms with Crippen LogP contribution in [0.1, 0.15) is 62.4 Å². The Hall–Kier alpha value is -2.30. The molecule has 0 amide bonds. The van der Waals surface area contributed by atoms with Crippen LogP contribution in [0, 0.1) is 0 Å². The molecule has 1 heterocycles. The zero-order valence-electron chi connectivity index (χ0n) is 15.3. The number of hydrogen-bond acceptors (Lipinski definition) is 2. The first kappa shape index (κ1) is 17.5. The summed E-state index contributed by atoms with van der Waals surface area (Å²) in [5, 5.41) is 7.97. The first-order chi connectivity index (χ1) is 12.2. The molecular formula is C20H29N5. The molecule has 3 rings (SSSR count). The minimum absolute atomic E-state index is 0.450. The molecule has 0 unspecified atom stereocenters. The number of guanidine groups is 1. The van der Waals surface area contributed by atoms with Gasteiger partial charge in [-0.15, -0.1) is 0 Å². The monoisotopic (exact) mass is 339 g/mol. The van der Waals surface area contributed by atoms with E-state index in [1.54, 1.807) is 0 Å². The summed E-state index contributed by atoms with van der Waals surface area (Å²) in [5.74, 6) is 0.450. The van der Waals surface area contributed by atoms with Crippen molar-refractivity contribution in [1.29, 1.82) is 0 Å². The molecule has 25 heavy (non-hydrogen) atoms. The number of benzene rings is 1. The van der Waals surface area contributed by atoms with Crippen LogP contribution < -0.4 is 11.1 Å². The summed E-state index contributed by atoms with van der Waals surface area (Å²) in [5.41, 5.74) is 10.7. The van der Waals surface area contributed by atoms with E-state index in [0.29, 0.717) is 18.5 Å². The van der Waals surface area contributed by atoms with E-state index < -0.39 is 0 Å². The molecule has 0 bridgehead atoms. The van der Waals surface area contributed by atoms with Gasteiger partial charge in [-0.1, -0.05) is 44.9 Å². The van der Waals surface area contributed by atoms with Crippen LogP contribution in [-0.4, -0.2) is 15.7 Å². The summed E-state index contributed by atoms with van der Waals surface area (Å²) in [6.45, 7) is 4.82. The van der Waals surface area contributed by atoms with E-state index in [1.807, 2.05) is 6.07 Å². The van der Waals surface area contributed by atoms with Gasteiger partial charge in [-0.3, -0.25) is 4.68 Å². The van der Waals surface area contributed by atoms with Crippen LogP contribution in [0.2, 0.25) is 0 Å². The third-order valence-electron chi connectivity index (χ3n) is 5.03. The Morgan fingerprint density at radius 3 is 2.52 bits per heavy atom. The van der Waals surface area contributed by atoms with E-state index in [4.69, 9.17) is 5.73 Å². The lowest BCUT2D eigenvalue weighted by molar-refractivity contribution is 0.463. The number of rotatable bonds is 6. The Labute approximate surface area is 150 Å². The Balaban J connectivity index is 1.66. The van der Waals surface area contributed by atoms with Crippen molar-refractivity contribution in [3.05, 3.63) is 47.3 Å². The topological polar surface area (TPSA) is 68.2 Å². The van der Waals surface area contributed by atoms with Crippen LogP contribution in [0.15, 0.2) is 35.5 Å². The molecule has 0 radical (unpaired) electrons. The highest BCUT2D eigenvalue weighted by Crippen LogP contribution is 2.28. The lowest BCUT2D eigenvalue weighted by Crippen LogP contribution is -2.24. The van der Waals surface area contributed by atoms with Gasteiger partial charge in [0.1, 0.15) is 0 Å². The number of nitrogens with two attached hydrogens (primary N) is 1. The Bertz CT molecular complexity index is 703. The van der Waals surface area contributed by atoms with Crippen LogP contribution in [0.5, 0.6) is 0 Å². The molecule has 1 aliphatic rings. The van der Waals surface area contributed by atoms with Gasteiger partial charge in [0.25, 0.3) is 0 Å². The maximum Gasteiger partial charge on any atom is 0.193 e. The third-order valence-corrected chi connectivity index (χ3v) is 5.03. The van der Waals surface area contributed by atoms with E-state index in [-0.39, 0.29) is 0 Å². The van der Waals surface area contributed by atoms with Crippen LogP contribution in [0.3, 0.4) is 0 Å². The number of aromatic nitrogens is 2. The van der Waals surface area contributed by atoms with Gasteiger partial charge < -0.3 is 11.1 Å². The highest BCUT2D eigenvalue weighted by atomic mass is 15.3. The fourth-order valence-corrected chi connectivity index (χ4v) is 3.57. The molecule has 0 aliphatic heterocycles. The van der Waals surface area contributed by atoms with E-state index in [2.05, 4.69) is 58.3 Å².